The van der Waals surface area contributed by atoms with Crippen molar-refractivity contribution in [1.29, 1.82) is 0 Å². The van der Waals surface area contributed by atoms with Crippen molar-refractivity contribution in [2.24, 2.45) is 0 Å². The number of hydrogen-bond acceptors (Lipinski definition) is 4. The molecule has 1 saturated carbocycles. The standard InChI is InChI=1S/C14H25NO2S/c1-4-11(14(16)17-3)9-10-15-12-7-6-8-13(12)18-5-2/h9,12-13,15H,4-8,10H2,1-3H3/b11-9-. The Balaban J connectivity index is 2.39. The van der Waals surface area contributed by atoms with E-state index in [1.807, 2.05) is 24.8 Å². The monoisotopic (exact) mass is 271 g/mol. The number of esters is 1. The molecular weight excluding hydrogens is 246 g/mol. The van der Waals surface area contributed by atoms with Crippen LogP contribution in [-0.2, 0) is 9.53 Å². The lowest BCUT2D eigenvalue weighted by Gasteiger charge is -2.19. The van der Waals surface area contributed by atoms with Gasteiger partial charge < -0.3 is 10.1 Å². The van der Waals surface area contributed by atoms with Crippen LogP contribution in [0.1, 0.15) is 39.5 Å². The van der Waals surface area contributed by atoms with Gasteiger partial charge >= 0.3 is 5.97 Å². The number of carbonyl (C=O) groups excluding carboxylic acids is 1. The van der Waals surface area contributed by atoms with Crippen LogP contribution in [0.4, 0.5) is 0 Å². The summed E-state index contributed by atoms with van der Waals surface area (Å²) in [5.74, 6) is 0.978. The van der Waals surface area contributed by atoms with Gasteiger partial charge in [0.05, 0.1) is 7.11 Å². The van der Waals surface area contributed by atoms with E-state index < -0.39 is 0 Å². The molecule has 0 aromatic carbocycles. The van der Waals surface area contributed by atoms with Crippen molar-refractivity contribution >= 4 is 17.7 Å². The lowest BCUT2D eigenvalue weighted by Crippen LogP contribution is -2.34. The zero-order valence-corrected chi connectivity index (χ0v) is 12.5. The Morgan fingerprint density at radius 2 is 2.22 bits per heavy atom. The fraction of sp³-hybridized carbons (Fsp3) is 0.786. The molecule has 3 nitrogen and oxygen atoms in total. The zero-order valence-electron chi connectivity index (χ0n) is 11.7. The van der Waals surface area contributed by atoms with E-state index in [0.717, 1.165) is 23.8 Å². The lowest BCUT2D eigenvalue weighted by atomic mass is 10.2. The minimum absolute atomic E-state index is 0.204. The molecule has 18 heavy (non-hydrogen) atoms. The minimum Gasteiger partial charge on any atom is -0.466 e. The molecule has 0 heterocycles. The second-order valence-electron chi connectivity index (χ2n) is 4.51. The van der Waals surface area contributed by atoms with Crippen molar-refractivity contribution in [3.8, 4) is 0 Å². The van der Waals surface area contributed by atoms with Gasteiger partial charge in [0.2, 0.25) is 0 Å². The normalized spacial score (nSPS) is 24.3. The molecule has 1 fully saturated rings. The van der Waals surface area contributed by atoms with Crippen molar-refractivity contribution in [2.45, 2.75) is 50.8 Å². The van der Waals surface area contributed by atoms with Gasteiger partial charge in [-0.25, -0.2) is 4.79 Å². The van der Waals surface area contributed by atoms with Gasteiger partial charge in [0.1, 0.15) is 0 Å². The molecule has 2 atom stereocenters. The molecule has 1 N–H and O–H groups in total. The van der Waals surface area contributed by atoms with Gasteiger partial charge in [-0.2, -0.15) is 11.8 Å². The van der Waals surface area contributed by atoms with Crippen LogP contribution in [0.25, 0.3) is 0 Å². The van der Waals surface area contributed by atoms with E-state index in [-0.39, 0.29) is 5.97 Å². The van der Waals surface area contributed by atoms with Crippen molar-refractivity contribution in [3.63, 3.8) is 0 Å². The zero-order chi connectivity index (χ0) is 13.4. The molecule has 104 valence electrons. The van der Waals surface area contributed by atoms with E-state index in [2.05, 4.69) is 12.2 Å². The van der Waals surface area contributed by atoms with Crippen LogP contribution in [0, 0.1) is 0 Å². The Kier molecular flexibility index (Phi) is 7.44. The van der Waals surface area contributed by atoms with Crippen molar-refractivity contribution in [1.82, 2.24) is 5.32 Å². The summed E-state index contributed by atoms with van der Waals surface area (Å²) < 4.78 is 4.75. The van der Waals surface area contributed by atoms with Gasteiger partial charge in [-0.05, 0) is 25.0 Å². The Hall–Kier alpha value is -0.480. The predicted octanol–water partition coefficient (Wildman–Crippen LogP) is 2.76. The highest BCUT2D eigenvalue weighted by Gasteiger charge is 2.26. The van der Waals surface area contributed by atoms with Crippen LogP contribution in [-0.4, -0.2) is 36.7 Å². The van der Waals surface area contributed by atoms with Gasteiger partial charge in [-0.3, -0.25) is 0 Å². The smallest absolute Gasteiger partial charge is 0.333 e. The Labute approximate surface area is 115 Å². The third-order valence-electron chi connectivity index (χ3n) is 3.39. The molecule has 0 aliphatic heterocycles. The summed E-state index contributed by atoms with van der Waals surface area (Å²) in [5.41, 5.74) is 0.766. The molecule has 4 heteroatoms. The summed E-state index contributed by atoms with van der Waals surface area (Å²) in [5, 5.41) is 4.30. The van der Waals surface area contributed by atoms with E-state index in [1.165, 1.54) is 32.1 Å². The molecule has 2 unspecified atom stereocenters. The Morgan fingerprint density at radius 3 is 2.83 bits per heavy atom. The molecular formula is C14H25NO2S. The average Bonchev–Trinajstić information content (AvgIpc) is 2.82. The average molecular weight is 271 g/mol. The summed E-state index contributed by atoms with van der Waals surface area (Å²) in [6, 6.07) is 0.599. The molecule has 0 aromatic heterocycles. The number of rotatable bonds is 7. The molecule has 0 amide bonds. The fourth-order valence-corrected chi connectivity index (χ4v) is 3.64. The first-order valence-electron chi connectivity index (χ1n) is 6.85. The summed E-state index contributed by atoms with van der Waals surface area (Å²) in [6.45, 7) is 4.96. The van der Waals surface area contributed by atoms with Crippen LogP contribution in [0.5, 0.6) is 0 Å². The SMILES string of the molecule is CCSC1CCCC1NC/C=C(/CC)C(=O)OC. The maximum atomic E-state index is 11.4. The quantitative estimate of drug-likeness (QED) is 0.571. The highest BCUT2D eigenvalue weighted by Crippen LogP contribution is 2.29. The number of carbonyl (C=O) groups is 1. The highest BCUT2D eigenvalue weighted by molar-refractivity contribution is 7.99. The van der Waals surface area contributed by atoms with Crippen molar-refractivity contribution in [3.05, 3.63) is 11.6 Å². The summed E-state index contributed by atoms with van der Waals surface area (Å²) in [4.78, 5) is 11.4. The molecule has 0 spiro atoms. The van der Waals surface area contributed by atoms with Crippen molar-refractivity contribution in [2.75, 3.05) is 19.4 Å². The summed E-state index contributed by atoms with van der Waals surface area (Å²) in [7, 11) is 1.43. The Morgan fingerprint density at radius 1 is 1.44 bits per heavy atom. The van der Waals surface area contributed by atoms with Gasteiger partial charge in [0, 0.05) is 23.4 Å². The van der Waals surface area contributed by atoms with Crippen LogP contribution >= 0.6 is 11.8 Å². The summed E-state index contributed by atoms with van der Waals surface area (Å²) in [6.07, 6.45) is 6.59. The second-order valence-corrected chi connectivity index (χ2v) is 6.03. The van der Waals surface area contributed by atoms with E-state index in [1.54, 1.807) is 0 Å². The summed E-state index contributed by atoms with van der Waals surface area (Å²) >= 11 is 2.05. The third kappa shape index (κ3) is 4.65. The first-order valence-corrected chi connectivity index (χ1v) is 7.90. The van der Waals surface area contributed by atoms with E-state index >= 15 is 0 Å². The fourth-order valence-electron chi connectivity index (χ4n) is 2.41. The van der Waals surface area contributed by atoms with Crippen LogP contribution < -0.4 is 5.32 Å². The van der Waals surface area contributed by atoms with Gasteiger partial charge in [-0.1, -0.05) is 26.3 Å². The van der Waals surface area contributed by atoms with Crippen molar-refractivity contribution < 1.29 is 9.53 Å². The molecule has 0 aromatic rings. The number of ether oxygens (including phenoxy) is 1. The molecule has 1 aliphatic carbocycles. The number of methoxy groups -OCH3 is 1. The highest BCUT2D eigenvalue weighted by atomic mass is 32.2. The van der Waals surface area contributed by atoms with E-state index in [9.17, 15) is 4.79 Å². The van der Waals surface area contributed by atoms with E-state index in [4.69, 9.17) is 4.74 Å². The largest absolute Gasteiger partial charge is 0.466 e. The first-order chi connectivity index (χ1) is 8.72. The number of nitrogens with one attached hydrogen (secondary N) is 1. The predicted molar refractivity (Wildman–Crippen MR) is 78.0 cm³/mol. The number of hydrogen-bond donors (Lipinski definition) is 1. The second kappa shape index (κ2) is 8.59. The number of thioether (sulfide) groups is 1. The molecule has 0 saturated heterocycles. The molecule has 0 bridgehead atoms. The van der Waals surface area contributed by atoms with Gasteiger partial charge in [-0.15, -0.1) is 0 Å². The van der Waals surface area contributed by atoms with E-state index in [0.29, 0.717) is 6.04 Å². The van der Waals surface area contributed by atoms with Gasteiger partial charge in [0.25, 0.3) is 0 Å². The van der Waals surface area contributed by atoms with Crippen LogP contribution in [0.3, 0.4) is 0 Å². The molecule has 0 radical (unpaired) electrons. The van der Waals surface area contributed by atoms with Crippen LogP contribution in [0.15, 0.2) is 11.6 Å². The first kappa shape index (κ1) is 15.6. The lowest BCUT2D eigenvalue weighted by molar-refractivity contribution is -0.136. The molecule has 1 aliphatic rings. The topological polar surface area (TPSA) is 38.3 Å². The maximum Gasteiger partial charge on any atom is 0.333 e. The van der Waals surface area contributed by atoms with Crippen LogP contribution in [0.2, 0.25) is 0 Å². The van der Waals surface area contributed by atoms with Gasteiger partial charge in [0.15, 0.2) is 0 Å². The molecule has 1 rings (SSSR count). The third-order valence-corrected chi connectivity index (χ3v) is 4.72. The maximum absolute atomic E-state index is 11.4. The Bertz CT molecular complexity index is 292. The minimum atomic E-state index is -0.204.